The second-order valence-corrected chi connectivity index (χ2v) is 10.6. The number of aromatic carboxylic acids is 4. The van der Waals surface area contributed by atoms with E-state index < -0.39 is 23.9 Å². The zero-order chi connectivity index (χ0) is 35.0. The molecule has 1 saturated carbocycles. The van der Waals surface area contributed by atoms with Crippen LogP contribution in [0.4, 0.5) is 0 Å². The quantitative estimate of drug-likeness (QED) is 0.187. The van der Waals surface area contributed by atoms with Gasteiger partial charge in [0, 0.05) is 18.6 Å². The molecule has 14 nitrogen and oxygen atoms in total. The number of hydrogen-bond acceptors (Lipinski definition) is 10. The van der Waals surface area contributed by atoms with Crippen LogP contribution in [0.3, 0.4) is 0 Å². The highest BCUT2D eigenvalue weighted by Gasteiger charge is 2.19. The maximum atomic E-state index is 10.4. The standard InChI is InChI=1S/2C8H6O4.C8H16O2.C5H12O2.C2H6O2/c9-7(10)5-1-2-6(4-3-5)8(11)12;9-7(10)5-2-1-3-6(4-5)8(11)12;9-5-7-1-2-8(6-10)4-3-7;1-5(2,3-6)4-7;3-1-2-4/h2*1-4H,(H,9,10)(H,11,12);7-10H,1-6H2;6-7H,3-4H2,1-2H3;3-4H,1-2H2. The Hall–Kier alpha value is -3.92. The Kier molecular flexibility index (Phi) is 23.4. The minimum Gasteiger partial charge on any atom is -0.478 e. The number of carboxylic acid groups (broad SMARTS) is 4. The number of benzene rings is 2. The van der Waals surface area contributed by atoms with Gasteiger partial charge in [0.25, 0.3) is 0 Å². The van der Waals surface area contributed by atoms with Crippen LogP contribution in [-0.4, -0.2) is 115 Å². The Bertz CT molecular complexity index is 1040. The monoisotopic (exact) mass is 642 g/mol. The topological polar surface area (TPSA) is 271 Å². The molecule has 0 amide bonds. The lowest BCUT2D eigenvalue weighted by Gasteiger charge is -2.25. The minimum atomic E-state index is -1.13. The van der Waals surface area contributed by atoms with E-state index in [1.807, 2.05) is 0 Å². The van der Waals surface area contributed by atoms with E-state index in [4.69, 9.17) is 51.1 Å². The van der Waals surface area contributed by atoms with Crippen LogP contribution in [0.5, 0.6) is 0 Å². The normalized spacial score (nSPS) is 15.1. The van der Waals surface area contributed by atoms with Crippen LogP contribution < -0.4 is 0 Å². The van der Waals surface area contributed by atoms with Gasteiger partial charge in [-0.1, -0.05) is 19.9 Å². The smallest absolute Gasteiger partial charge is 0.335 e. The van der Waals surface area contributed by atoms with Gasteiger partial charge >= 0.3 is 23.9 Å². The van der Waals surface area contributed by atoms with E-state index in [1.54, 1.807) is 13.8 Å². The second kappa shape index (κ2) is 24.4. The van der Waals surface area contributed by atoms with Gasteiger partial charge in [-0.2, -0.15) is 0 Å². The first-order chi connectivity index (χ1) is 21.1. The lowest BCUT2D eigenvalue weighted by atomic mass is 9.83. The SMILES string of the molecule is CC(C)(CO)CO.O=C(O)c1ccc(C(=O)O)cc1.O=C(O)c1cccc(C(=O)O)c1.OCC1CCC(CO)CC1.OCCO. The molecule has 1 aliphatic rings. The fourth-order valence-corrected chi connectivity index (χ4v) is 3.19. The van der Waals surface area contributed by atoms with E-state index in [0.29, 0.717) is 25.0 Å². The fourth-order valence-electron chi connectivity index (χ4n) is 3.19. The Balaban J connectivity index is 0. The van der Waals surface area contributed by atoms with E-state index in [1.165, 1.54) is 42.5 Å². The van der Waals surface area contributed by atoms with Crippen LogP contribution in [0.2, 0.25) is 0 Å². The van der Waals surface area contributed by atoms with Crippen molar-refractivity contribution in [2.24, 2.45) is 17.3 Å². The molecule has 1 aliphatic carbocycles. The van der Waals surface area contributed by atoms with Gasteiger partial charge < -0.3 is 51.1 Å². The molecule has 0 unspecified atom stereocenters. The highest BCUT2D eigenvalue weighted by molar-refractivity contribution is 5.93. The molecular weight excluding hydrogens is 596 g/mol. The number of rotatable bonds is 9. The Morgan fingerprint density at radius 2 is 0.844 bits per heavy atom. The van der Waals surface area contributed by atoms with Crippen molar-refractivity contribution in [2.75, 3.05) is 39.6 Å². The molecule has 0 atom stereocenters. The first-order valence-corrected chi connectivity index (χ1v) is 13.9. The molecule has 45 heavy (non-hydrogen) atoms. The number of aliphatic hydroxyl groups is 6. The van der Waals surface area contributed by atoms with Crippen molar-refractivity contribution in [3.8, 4) is 0 Å². The summed E-state index contributed by atoms with van der Waals surface area (Å²) in [7, 11) is 0. The van der Waals surface area contributed by atoms with E-state index in [2.05, 4.69) is 0 Å². The molecule has 0 bridgehead atoms. The summed E-state index contributed by atoms with van der Waals surface area (Å²) in [4.78, 5) is 41.4. The summed E-state index contributed by atoms with van der Waals surface area (Å²) >= 11 is 0. The summed E-state index contributed by atoms with van der Waals surface area (Å²) in [5.41, 5.74) is -0.176. The van der Waals surface area contributed by atoms with Gasteiger partial charge in [-0.25, -0.2) is 19.2 Å². The lowest BCUT2D eigenvalue weighted by molar-refractivity contribution is 0.0681. The molecule has 254 valence electrons. The molecule has 0 saturated heterocycles. The highest BCUT2D eigenvalue weighted by Crippen LogP contribution is 2.27. The zero-order valence-corrected chi connectivity index (χ0v) is 25.4. The molecule has 0 heterocycles. The molecule has 0 aromatic heterocycles. The molecule has 0 spiro atoms. The van der Waals surface area contributed by atoms with Crippen LogP contribution in [0.1, 0.15) is 81.0 Å². The van der Waals surface area contributed by atoms with E-state index >= 15 is 0 Å². The number of carbonyl (C=O) groups is 4. The molecule has 2 aromatic carbocycles. The average molecular weight is 643 g/mol. The maximum absolute atomic E-state index is 10.4. The van der Waals surface area contributed by atoms with Crippen molar-refractivity contribution in [1.82, 2.24) is 0 Å². The van der Waals surface area contributed by atoms with Crippen LogP contribution in [0.25, 0.3) is 0 Å². The van der Waals surface area contributed by atoms with Gasteiger partial charge in [0.15, 0.2) is 0 Å². The summed E-state index contributed by atoms with van der Waals surface area (Å²) < 4.78 is 0. The van der Waals surface area contributed by atoms with Crippen molar-refractivity contribution < 1.29 is 70.2 Å². The Labute approximate surface area is 261 Å². The van der Waals surface area contributed by atoms with Gasteiger partial charge in [0.05, 0.1) is 48.7 Å². The molecule has 0 radical (unpaired) electrons. The van der Waals surface area contributed by atoms with Crippen LogP contribution in [0.15, 0.2) is 48.5 Å². The van der Waals surface area contributed by atoms with Gasteiger partial charge in [0.1, 0.15) is 0 Å². The largest absolute Gasteiger partial charge is 0.478 e. The predicted octanol–water partition coefficient (Wildman–Crippen LogP) is 1.91. The van der Waals surface area contributed by atoms with Crippen LogP contribution in [0, 0.1) is 17.3 Å². The molecule has 2 aromatic rings. The summed E-state index contributed by atoms with van der Waals surface area (Å²) in [6.45, 7) is 4.10. The van der Waals surface area contributed by atoms with Crippen molar-refractivity contribution in [1.29, 1.82) is 0 Å². The summed E-state index contributed by atoms with van der Waals surface area (Å²) in [5, 5.41) is 83.6. The van der Waals surface area contributed by atoms with Crippen LogP contribution >= 0.6 is 0 Å². The number of aliphatic hydroxyl groups excluding tert-OH is 6. The van der Waals surface area contributed by atoms with Crippen molar-refractivity contribution in [2.45, 2.75) is 39.5 Å². The molecule has 0 aliphatic heterocycles. The molecular formula is C31H46O14. The first kappa shape index (κ1) is 43.2. The third kappa shape index (κ3) is 20.6. The second-order valence-electron chi connectivity index (χ2n) is 10.6. The average Bonchev–Trinajstić information content (AvgIpc) is 3.05. The van der Waals surface area contributed by atoms with Crippen molar-refractivity contribution >= 4 is 23.9 Å². The summed E-state index contributed by atoms with van der Waals surface area (Å²) in [6.07, 6.45) is 4.40. The predicted molar refractivity (Wildman–Crippen MR) is 162 cm³/mol. The highest BCUT2D eigenvalue weighted by atomic mass is 16.4. The first-order valence-electron chi connectivity index (χ1n) is 13.9. The third-order valence-electron chi connectivity index (χ3n) is 6.17. The van der Waals surface area contributed by atoms with Gasteiger partial charge in [-0.15, -0.1) is 0 Å². The lowest BCUT2D eigenvalue weighted by Crippen LogP contribution is -2.20. The molecule has 14 heteroatoms. The summed E-state index contributed by atoms with van der Waals surface area (Å²) in [6, 6.07) is 10.2. The fraction of sp³-hybridized carbons (Fsp3) is 0.484. The maximum Gasteiger partial charge on any atom is 0.335 e. The van der Waals surface area contributed by atoms with E-state index in [-0.39, 0.29) is 54.1 Å². The molecule has 1 fully saturated rings. The summed E-state index contributed by atoms with van der Waals surface area (Å²) in [5.74, 6) is -3.35. The van der Waals surface area contributed by atoms with Gasteiger partial charge in [0.2, 0.25) is 0 Å². The van der Waals surface area contributed by atoms with Gasteiger partial charge in [-0.3, -0.25) is 0 Å². The molecule has 3 rings (SSSR count). The van der Waals surface area contributed by atoms with E-state index in [0.717, 1.165) is 31.7 Å². The third-order valence-corrected chi connectivity index (χ3v) is 6.17. The van der Waals surface area contributed by atoms with E-state index in [9.17, 15) is 19.2 Å². The van der Waals surface area contributed by atoms with Crippen molar-refractivity contribution in [3.63, 3.8) is 0 Å². The van der Waals surface area contributed by atoms with Gasteiger partial charge in [-0.05, 0) is 80.0 Å². The van der Waals surface area contributed by atoms with Crippen LogP contribution in [-0.2, 0) is 0 Å². The Morgan fingerprint density at radius 3 is 1.02 bits per heavy atom. The minimum absolute atomic E-state index is 0.0186. The Morgan fingerprint density at radius 1 is 0.556 bits per heavy atom. The zero-order valence-electron chi connectivity index (χ0n) is 25.4. The number of carboxylic acids is 4. The molecule has 10 N–H and O–H groups in total. The van der Waals surface area contributed by atoms with Crippen molar-refractivity contribution in [3.05, 3.63) is 70.8 Å². The number of hydrogen-bond donors (Lipinski definition) is 10.